The summed E-state index contributed by atoms with van der Waals surface area (Å²) in [6, 6.07) is 3.50. The third-order valence-corrected chi connectivity index (χ3v) is 3.29. The van der Waals surface area contributed by atoms with Gasteiger partial charge in [-0.3, -0.25) is 4.79 Å². The fraction of sp³-hybridized carbons (Fsp3) is 0.231. The summed E-state index contributed by atoms with van der Waals surface area (Å²) in [5.74, 6) is 5.60. The van der Waals surface area contributed by atoms with Crippen LogP contribution in [0.3, 0.4) is 0 Å². The van der Waals surface area contributed by atoms with Crippen molar-refractivity contribution in [1.82, 2.24) is 10.1 Å². The smallest absolute Gasteiger partial charge is 0.276 e. The fourth-order valence-electron chi connectivity index (χ4n) is 1.53. The van der Waals surface area contributed by atoms with Gasteiger partial charge in [0.15, 0.2) is 5.69 Å². The number of carbonyl (C=O) groups excluding carboxylic acids is 1. The Morgan fingerprint density at radius 1 is 1.63 bits per heavy atom. The molecule has 98 valence electrons. The zero-order valence-corrected chi connectivity index (χ0v) is 11.2. The fourth-order valence-corrected chi connectivity index (χ4v) is 2.30. The molecule has 2 aromatic heterocycles. The van der Waals surface area contributed by atoms with Crippen molar-refractivity contribution < 1.29 is 9.32 Å². The van der Waals surface area contributed by atoms with Gasteiger partial charge in [0, 0.05) is 19.7 Å². The molecule has 0 bridgehead atoms. The predicted molar refractivity (Wildman–Crippen MR) is 72.6 cm³/mol. The van der Waals surface area contributed by atoms with Gasteiger partial charge in [0.1, 0.15) is 6.26 Å². The maximum absolute atomic E-state index is 12.0. The molecule has 0 fully saturated rings. The molecular weight excluding hydrogens is 262 g/mol. The van der Waals surface area contributed by atoms with Crippen LogP contribution in [0.25, 0.3) is 0 Å². The molecule has 0 aromatic carbocycles. The molecule has 2 aromatic rings. The predicted octanol–water partition coefficient (Wildman–Crippen LogP) is 1.32. The first-order chi connectivity index (χ1) is 9.20. The number of carbonyl (C=O) groups is 1. The molecule has 2 heterocycles. The van der Waals surface area contributed by atoms with E-state index in [0.29, 0.717) is 18.8 Å². The first kappa shape index (κ1) is 13.3. The molecule has 0 unspecified atom stereocenters. The number of hydrogen-bond acceptors (Lipinski definition) is 5. The summed E-state index contributed by atoms with van der Waals surface area (Å²) in [5.41, 5.74) is 6.66. The second-order valence-electron chi connectivity index (χ2n) is 3.87. The van der Waals surface area contributed by atoms with E-state index in [4.69, 9.17) is 5.73 Å². The van der Waals surface area contributed by atoms with Crippen molar-refractivity contribution in [2.24, 2.45) is 5.73 Å². The van der Waals surface area contributed by atoms with Crippen LogP contribution in [0.4, 0.5) is 0 Å². The molecule has 0 aliphatic rings. The van der Waals surface area contributed by atoms with Gasteiger partial charge in [-0.25, -0.2) is 0 Å². The van der Waals surface area contributed by atoms with E-state index < -0.39 is 0 Å². The number of nitrogens with two attached hydrogens (primary N) is 1. The summed E-state index contributed by atoms with van der Waals surface area (Å²) in [7, 11) is 1.72. The Labute approximate surface area is 115 Å². The Morgan fingerprint density at radius 2 is 2.47 bits per heavy atom. The number of thiophene rings is 1. The maximum Gasteiger partial charge on any atom is 0.276 e. The van der Waals surface area contributed by atoms with E-state index in [1.54, 1.807) is 18.0 Å². The largest absolute Gasteiger partial charge is 0.364 e. The molecule has 2 N–H and O–H groups in total. The summed E-state index contributed by atoms with van der Waals surface area (Å²) < 4.78 is 4.66. The number of rotatable bonds is 3. The third-order valence-electron chi connectivity index (χ3n) is 2.39. The van der Waals surface area contributed by atoms with Gasteiger partial charge in [-0.1, -0.05) is 17.0 Å². The highest BCUT2D eigenvalue weighted by Crippen LogP contribution is 2.15. The highest BCUT2D eigenvalue weighted by atomic mass is 32.1. The Balaban J connectivity index is 2.01. The van der Waals surface area contributed by atoms with Gasteiger partial charge in [0.05, 0.1) is 11.4 Å². The molecule has 0 saturated carbocycles. The van der Waals surface area contributed by atoms with Gasteiger partial charge in [-0.05, 0) is 17.0 Å². The van der Waals surface area contributed by atoms with Crippen LogP contribution in [0.2, 0.25) is 0 Å². The Hall–Kier alpha value is -2.10. The lowest BCUT2D eigenvalue weighted by Crippen LogP contribution is -2.26. The van der Waals surface area contributed by atoms with Crippen LogP contribution in [0.15, 0.2) is 28.3 Å². The average molecular weight is 275 g/mol. The van der Waals surface area contributed by atoms with Crippen LogP contribution in [-0.4, -0.2) is 29.6 Å². The Morgan fingerprint density at radius 3 is 3.16 bits per heavy atom. The lowest BCUT2D eigenvalue weighted by atomic mass is 10.2. The highest BCUT2D eigenvalue weighted by Gasteiger charge is 2.15. The minimum Gasteiger partial charge on any atom is -0.364 e. The van der Waals surface area contributed by atoms with Crippen LogP contribution >= 0.6 is 11.3 Å². The lowest BCUT2D eigenvalue weighted by Gasteiger charge is -2.14. The van der Waals surface area contributed by atoms with Gasteiger partial charge in [0.25, 0.3) is 5.91 Å². The van der Waals surface area contributed by atoms with Gasteiger partial charge in [-0.2, -0.15) is 0 Å². The molecule has 0 spiro atoms. The first-order valence-electron chi connectivity index (χ1n) is 5.63. The second-order valence-corrected chi connectivity index (χ2v) is 4.78. The summed E-state index contributed by atoms with van der Waals surface area (Å²) in [6.45, 7) is 0.851. The molecule has 19 heavy (non-hydrogen) atoms. The lowest BCUT2D eigenvalue weighted by molar-refractivity contribution is 0.0775. The van der Waals surface area contributed by atoms with Gasteiger partial charge >= 0.3 is 0 Å². The molecule has 6 heteroatoms. The quantitative estimate of drug-likeness (QED) is 0.857. The van der Waals surface area contributed by atoms with E-state index >= 15 is 0 Å². The third kappa shape index (κ3) is 3.44. The van der Waals surface area contributed by atoms with E-state index in [-0.39, 0.29) is 5.91 Å². The molecule has 1 amide bonds. The van der Waals surface area contributed by atoms with Crippen LogP contribution in [0, 0.1) is 11.8 Å². The van der Waals surface area contributed by atoms with E-state index in [1.165, 1.54) is 17.6 Å². The second kappa shape index (κ2) is 6.18. The van der Waals surface area contributed by atoms with E-state index in [0.717, 1.165) is 10.4 Å². The van der Waals surface area contributed by atoms with Crippen LogP contribution in [0.1, 0.15) is 20.9 Å². The van der Waals surface area contributed by atoms with Gasteiger partial charge in [0.2, 0.25) is 0 Å². The number of nitrogens with zero attached hydrogens (tertiary/aromatic N) is 2. The molecule has 0 aliphatic carbocycles. The average Bonchev–Trinajstić information content (AvgIpc) is 3.06. The number of amides is 1. The monoisotopic (exact) mass is 275 g/mol. The number of aromatic nitrogens is 1. The van der Waals surface area contributed by atoms with Crippen molar-refractivity contribution in [3.05, 3.63) is 39.9 Å². The summed E-state index contributed by atoms with van der Waals surface area (Å²) in [4.78, 5) is 14.5. The SMILES string of the molecule is CN(Cc1csc(C#CCN)c1)C(=O)c1ccon1. The molecular formula is C13H13N3O2S. The van der Waals surface area contributed by atoms with Crippen molar-refractivity contribution in [1.29, 1.82) is 0 Å². The van der Waals surface area contributed by atoms with E-state index in [9.17, 15) is 4.79 Å². The minimum atomic E-state index is -0.172. The first-order valence-corrected chi connectivity index (χ1v) is 6.51. The molecule has 5 nitrogen and oxygen atoms in total. The minimum absolute atomic E-state index is 0.172. The standard InChI is InChI=1S/C13H13N3O2S/c1-16(13(17)12-4-6-18-15-12)8-10-7-11(19-9-10)3-2-5-14/h4,6-7,9H,5,8,14H2,1H3. The van der Waals surface area contributed by atoms with E-state index in [2.05, 4.69) is 21.5 Å². The van der Waals surface area contributed by atoms with E-state index in [1.807, 2.05) is 11.4 Å². The molecule has 0 radical (unpaired) electrons. The van der Waals surface area contributed by atoms with Crippen molar-refractivity contribution in [2.75, 3.05) is 13.6 Å². The van der Waals surface area contributed by atoms with Gasteiger partial charge in [-0.15, -0.1) is 11.3 Å². The topological polar surface area (TPSA) is 72.4 Å². The summed E-state index contributed by atoms with van der Waals surface area (Å²) in [6.07, 6.45) is 1.38. The van der Waals surface area contributed by atoms with Crippen molar-refractivity contribution in [2.45, 2.75) is 6.54 Å². The van der Waals surface area contributed by atoms with Crippen molar-refractivity contribution in [3.8, 4) is 11.8 Å². The van der Waals surface area contributed by atoms with Crippen molar-refractivity contribution in [3.63, 3.8) is 0 Å². The molecule has 0 saturated heterocycles. The Bertz CT molecular complexity index is 607. The summed E-state index contributed by atoms with van der Waals surface area (Å²) in [5, 5.41) is 5.60. The normalized spacial score (nSPS) is 9.79. The molecule has 0 aliphatic heterocycles. The zero-order chi connectivity index (χ0) is 13.7. The Kier molecular flexibility index (Phi) is 4.34. The number of hydrogen-bond donors (Lipinski definition) is 1. The van der Waals surface area contributed by atoms with Gasteiger partial charge < -0.3 is 15.2 Å². The highest BCUT2D eigenvalue weighted by molar-refractivity contribution is 7.10. The van der Waals surface area contributed by atoms with Crippen LogP contribution < -0.4 is 5.73 Å². The van der Waals surface area contributed by atoms with Crippen LogP contribution in [0.5, 0.6) is 0 Å². The maximum atomic E-state index is 12.0. The zero-order valence-electron chi connectivity index (χ0n) is 10.4. The molecule has 2 rings (SSSR count). The molecule has 0 atom stereocenters. The summed E-state index contributed by atoms with van der Waals surface area (Å²) >= 11 is 1.54. The van der Waals surface area contributed by atoms with Crippen LogP contribution in [-0.2, 0) is 6.54 Å². The van der Waals surface area contributed by atoms with Crippen molar-refractivity contribution >= 4 is 17.2 Å².